The highest BCUT2D eigenvalue weighted by atomic mass is 16.6. The molecule has 1 saturated heterocycles. The lowest BCUT2D eigenvalue weighted by Gasteiger charge is -2.36. The average molecular weight is 355 g/mol. The summed E-state index contributed by atoms with van der Waals surface area (Å²) in [4.78, 5) is 27.2. The van der Waals surface area contributed by atoms with Crippen molar-refractivity contribution in [1.82, 2.24) is 4.90 Å². The van der Waals surface area contributed by atoms with Gasteiger partial charge in [-0.15, -0.1) is 0 Å². The van der Waals surface area contributed by atoms with Crippen molar-refractivity contribution in [3.8, 4) is 5.75 Å². The van der Waals surface area contributed by atoms with Crippen LogP contribution < -0.4 is 9.64 Å². The lowest BCUT2D eigenvalue weighted by molar-refractivity contribution is -0.385. The first-order chi connectivity index (χ1) is 12.6. The van der Waals surface area contributed by atoms with E-state index in [1.54, 1.807) is 30.2 Å². The Morgan fingerprint density at radius 2 is 1.73 bits per heavy atom. The Balaban J connectivity index is 1.63. The lowest BCUT2D eigenvalue weighted by Crippen LogP contribution is -2.49. The molecule has 0 N–H and O–H groups in total. The summed E-state index contributed by atoms with van der Waals surface area (Å²) in [7, 11) is 1.64. The van der Waals surface area contributed by atoms with Crippen molar-refractivity contribution in [2.24, 2.45) is 0 Å². The van der Waals surface area contributed by atoms with E-state index < -0.39 is 4.92 Å². The SMILES string of the molecule is COc1ccccc1N1CCN(C(=O)Cc2ccccc2[N+](=O)[O-])CC1. The Morgan fingerprint density at radius 3 is 2.42 bits per heavy atom. The Kier molecular flexibility index (Phi) is 5.36. The molecule has 0 saturated carbocycles. The number of para-hydroxylation sites is 3. The maximum absolute atomic E-state index is 12.6. The average Bonchev–Trinajstić information content (AvgIpc) is 2.68. The van der Waals surface area contributed by atoms with Crippen LogP contribution in [0.25, 0.3) is 0 Å². The van der Waals surface area contributed by atoms with E-state index in [1.165, 1.54) is 6.07 Å². The largest absolute Gasteiger partial charge is 0.495 e. The molecule has 2 aromatic rings. The molecule has 7 nitrogen and oxygen atoms in total. The highest BCUT2D eigenvalue weighted by molar-refractivity contribution is 5.80. The van der Waals surface area contributed by atoms with E-state index in [-0.39, 0.29) is 18.0 Å². The van der Waals surface area contributed by atoms with Gasteiger partial charge in [-0.05, 0) is 12.1 Å². The molecular formula is C19H21N3O4. The molecule has 136 valence electrons. The van der Waals surface area contributed by atoms with Gasteiger partial charge in [-0.2, -0.15) is 0 Å². The van der Waals surface area contributed by atoms with E-state index in [0.717, 1.165) is 11.4 Å². The molecule has 1 heterocycles. The number of rotatable bonds is 5. The number of anilines is 1. The molecule has 1 amide bonds. The van der Waals surface area contributed by atoms with Crippen LogP contribution in [0.2, 0.25) is 0 Å². The van der Waals surface area contributed by atoms with Gasteiger partial charge in [0.2, 0.25) is 5.91 Å². The van der Waals surface area contributed by atoms with Crippen LogP contribution in [0.3, 0.4) is 0 Å². The molecule has 1 aliphatic rings. The number of piperazine rings is 1. The quantitative estimate of drug-likeness (QED) is 0.608. The molecule has 2 aromatic carbocycles. The molecule has 1 aliphatic heterocycles. The van der Waals surface area contributed by atoms with Crippen molar-refractivity contribution < 1.29 is 14.5 Å². The van der Waals surface area contributed by atoms with E-state index in [9.17, 15) is 14.9 Å². The third kappa shape index (κ3) is 3.77. The van der Waals surface area contributed by atoms with Crippen LogP contribution in [0, 0.1) is 10.1 Å². The Bertz CT molecular complexity index is 801. The zero-order valence-electron chi connectivity index (χ0n) is 14.6. The number of ether oxygens (including phenoxy) is 1. The number of amides is 1. The molecule has 0 aliphatic carbocycles. The Morgan fingerprint density at radius 1 is 1.08 bits per heavy atom. The van der Waals surface area contributed by atoms with Gasteiger partial charge in [0, 0.05) is 37.8 Å². The van der Waals surface area contributed by atoms with E-state index in [4.69, 9.17) is 4.74 Å². The van der Waals surface area contributed by atoms with Crippen molar-refractivity contribution in [3.63, 3.8) is 0 Å². The van der Waals surface area contributed by atoms with Crippen molar-refractivity contribution in [1.29, 1.82) is 0 Å². The number of nitro benzene ring substituents is 1. The van der Waals surface area contributed by atoms with Crippen molar-refractivity contribution in [2.45, 2.75) is 6.42 Å². The number of nitrogens with zero attached hydrogens (tertiary/aromatic N) is 3. The maximum Gasteiger partial charge on any atom is 0.273 e. The van der Waals surface area contributed by atoms with Gasteiger partial charge in [0.15, 0.2) is 0 Å². The number of hydrogen-bond donors (Lipinski definition) is 0. The summed E-state index contributed by atoms with van der Waals surface area (Å²) in [6.07, 6.45) is 0.0474. The molecule has 0 aromatic heterocycles. The summed E-state index contributed by atoms with van der Waals surface area (Å²) >= 11 is 0. The second-order valence-corrected chi connectivity index (χ2v) is 6.10. The van der Waals surface area contributed by atoms with Crippen molar-refractivity contribution >= 4 is 17.3 Å². The summed E-state index contributed by atoms with van der Waals surface area (Å²) in [6.45, 7) is 2.56. The molecule has 0 bridgehead atoms. The van der Waals surface area contributed by atoms with Crippen LogP contribution in [0.1, 0.15) is 5.56 Å². The fourth-order valence-electron chi connectivity index (χ4n) is 3.20. The zero-order chi connectivity index (χ0) is 18.5. The van der Waals surface area contributed by atoms with E-state index in [0.29, 0.717) is 31.7 Å². The molecule has 26 heavy (non-hydrogen) atoms. The monoisotopic (exact) mass is 355 g/mol. The molecule has 1 fully saturated rings. The highest BCUT2D eigenvalue weighted by Crippen LogP contribution is 2.28. The van der Waals surface area contributed by atoms with Crippen LogP contribution in [-0.4, -0.2) is 49.0 Å². The van der Waals surface area contributed by atoms with Gasteiger partial charge < -0.3 is 14.5 Å². The van der Waals surface area contributed by atoms with Crippen LogP contribution >= 0.6 is 0 Å². The first kappa shape index (κ1) is 17.7. The predicted molar refractivity (Wildman–Crippen MR) is 98.6 cm³/mol. The maximum atomic E-state index is 12.6. The number of hydrogen-bond acceptors (Lipinski definition) is 5. The number of methoxy groups -OCH3 is 1. The van der Waals surface area contributed by atoms with Gasteiger partial charge in [0.25, 0.3) is 5.69 Å². The third-order valence-electron chi connectivity index (χ3n) is 4.59. The third-order valence-corrected chi connectivity index (χ3v) is 4.59. The zero-order valence-corrected chi connectivity index (χ0v) is 14.6. The Hall–Kier alpha value is -3.09. The van der Waals surface area contributed by atoms with E-state index in [2.05, 4.69) is 4.90 Å². The summed E-state index contributed by atoms with van der Waals surface area (Å²) in [5.41, 5.74) is 1.46. The van der Waals surface area contributed by atoms with E-state index in [1.807, 2.05) is 24.3 Å². The van der Waals surface area contributed by atoms with Gasteiger partial charge in [-0.1, -0.05) is 30.3 Å². The van der Waals surface area contributed by atoms with Crippen LogP contribution in [-0.2, 0) is 11.2 Å². The minimum absolute atomic E-state index is 0.00601. The summed E-state index contributed by atoms with van der Waals surface area (Å²) in [5, 5.41) is 11.1. The summed E-state index contributed by atoms with van der Waals surface area (Å²) in [6, 6.07) is 14.2. The van der Waals surface area contributed by atoms with Gasteiger partial charge in [-0.3, -0.25) is 14.9 Å². The topological polar surface area (TPSA) is 75.9 Å². The summed E-state index contributed by atoms with van der Waals surface area (Å²) < 4.78 is 5.40. The first-order valence-electron chi connectivity index (χ1n) is 8.48. The molecule has 0 spiro atoms. The van der Waals surface area contributed by atoms with Crippen molar-refractivity contribution in [2.75, 3.05) is 38.2 Å². The van der Waals surface area contributed by atoms with Crippen LogP contribution in [0.15, 0.2) is 48.5 Å². The van der Waals surface area contributed by atoms with E-state index >= 15 is 0 Å². The standard InChI is InChI=1S/C19H21N3O4/c1-26-18-9-5-4-8-17(18)20-10-12-21(13-11-20)19(23)14-15-6-2-3-7-16(15)22(24)25/h2-9H,10-14H2,1H3. The second kappa shape index (κ2) is 7.86. The van der Waals surface area contributed by atoms with Gasteiger partial charge in [0.05, 0.1) is 24.1 Å². The number of carbonyl (C=O) groups is 1. The number of nitro groups is 1. The normalized spacial score (nSPS) is 14.2. The molecule has 0 radical (unpaired) electrons. The minimum Gasteiger partial charge on any atom is -0.495 e. The Labute approximate surface area is 151 Å². The minimum atomic E-state index is -0.442. The number of carbonyl (C=O) groups excluding carboxylic acids is 1. The first-order valence-corrected chi connectivity index (χ1v) is 8.48. The molecule has 3 rings (SSSR count). The fourth-order valence-corrected chi connectivity index (χ4v) is 3.20. The highest BCUT2D eigenvalue weighted by Gasteiger charge is 2.24. The van der Waals surface area contributed by atoms with Crippen LogP contribution in [0.5, 0.6) is 5.75 Å². The molecule has 7 heteroatoms. The summed E-state index contributed by atoms with van der Waals surface area (Å²) in [5.74, 6) is 0.728. The second-order valence-electron chi connectivity index (χ2n) is 6.10. The fraction of sp³-hybridized carbons (Fsp3) is 0.316. The van der Waals surface area contributed by atoms with Gasteiger partial charge in [-0.25, -0.2) is 0 Å². The smallest absolute Gasteiger partial charge is 0.273 e. The lowest BCUT2D eigenvalue weighted by atomic mass is 10.1. The van der Waals surface area contributed by atoms with Crippen molar-refractivity contribution in [3.05, 3.63) is 64.2 Å². The molecule has 0 atom stereocenters. The molecule has 0 unspecified atom stereocenters. The van der Waals surface area contributed by atoms with Gasteiger partial charge in [0.1, 0.15) is 5.75 Å². The number of benzene rings is 2. The van der Waals surface area contributed by atoms with Crippen LogP contribution in [0.4, 0.5) is 11.4 Å². The predicted octanol–water partition coefficient (Wildman–Crippen LogP) is 2.49. The molecular weight excluding hydrogens is 334 g/mol. The van der Waals surface area contributed by atoms with Gasteiger partial charge >= 0.3 is 0 Å².